The Kier molecular flexibility index (Phi) is 8.94. The van der Waals surface area contributed by atoms with Crippen LogP contribution < -0.4 is 14.2 Å². The molecule has 7 nitrogen and oxygen atoms in total. The van der Waals surface area contributed by atoms with Crippen molar-refractivity contribution in [1.29, 1.82) is 0 Å². The van der Waals surface area contributed by atoms with Gasteiger partial charge >= 0.3 is 0 Å². The Morgan fingerprint density at radius 3 is 2.26 bits per heavy atom. The fraction of sp³-hybridized carbons (Fsp3) is 0.267. The molecule has 4 aromatic rings. The third-order valence-electron chi connectivity index (χ3n) is 5.94. The molecule has 0 amide bonds. The smallest absolute Gasteiger partial charge is 0.241 e. The monoisotopic (exact) mass is 563 g/mol. The van der Waals surface area contributed by atoms with Gasteiger partial charge in [0, 0.05) is 34.9 Å². The van der Waals surface area contributed by atoms with Crippen molar-refractivity contribution in [2.24, 2.45) is 0 Å². The summed E-state index contributed by atoms with van der Waals surface area (Å²) < 4.78 is 39.3. The van der Waals surface area contributed by atoms with E-state index >= 15 is 0 Å². The number of nitrogens with zero attached hydrogens (tertiary/aromatic N) is 2. The zero-order valence-corrected chi connectivity index (χ0v) is 24.3. The Balaban J connectivity index is 1.60. The van der Waals surface area contributed by atoms with Crippen LogP contribution in [-0.2, 0) is 16.4 Å². The van der Waals surface area contributed by atoms with Crippen molar-refractivity contribution in [3.05, 3.63) is 102 Å². The molecule has 1 atom stereocenters. The standard InChI is InChI=1S/C30H33N3O4S2/c1-30(2,3)33-39(34,35)25-8-6-7-24(19-25)38-29-12-10-23(20-32-29)26(17-21-13-15-31-16-14-21)22-9-11-27(36-4)28(18-22)37-5/h6-16,18-20,26,33H,17H2,1-5H3. The molecule has 9 heteroatoms. The summed E-state index contributed by atoms with van der Waals surface area (Å²) in [5.41, 5.74) is 2.72. The fourth-order valence-corrected chi connectivity index (χ4v) is 6.55. The number of rotatable bonds is 10. The van der Waals surface area contributed by atoms with Crippen LogP contribution in [0.3, 0.4) is 0 Å². The van der Waals surface area contributed by atoms with Crippen molar-refractivity contribution >= 4 is 21.8 Å². The lowest BCUT2D eigenvalue weighted by Gasteiger charge is -2.20. The summed E-state index contributed by atoms with van der Waals surface area (Å²) >= 11 is 1.42. The first-order chi connectivity index (χ1) is 18.6. The first kappa shape index (κ1) is 28.6. The Morgan fingerprint density at radius 2 is 1.62 bits per heavy atom. The second-order valence-electron chi connectivity index (χ2n) is 10.1. The van der Waals surface area contributed by atoms with Gasteiger partial charge in [-0.2, -0.15) is 0 Å². The lowest BCUT2D eigenvalue weighted by Crippen LogP contribution is -2.40. The van der Waals surface area contributed by atoms with E-state index in [1.54, 1.807) is 44.8 Å². The molecule has 0 radical (unpaired) electrons. The third-order valence-corrected chi connectivity index (χ3v) is 8.64. The molecule has 0 aliphatic rings. The van der Waals surface area contributed by atoms with Crippen LogP contribution in [0.15, 0.2) is 100 Å². The SMILES string of the molecule is COc1ccc(C(Cc2ccncc2)c2ccc(Sc3cccc(S(=O)(=O)NC(C)(C)C)c3)nc2)cc1OC. The van der Waals surface area contributed by atoms with Crippen molar-refractivity contribution in [2.75, 3.05) is 14.2 Å². The zero-order valence-electron chi connectivity index (χ0n) is 22.7. The molecule has 0 fully saturated rings. The molecule has 2 aromatic heterocycles. The van der Waals surface area contributed by atoms with E-state index in [9.17, 15) is 8.42 Å². The molecule has 0 aliphatic heterocycles. The molecule has 0 spiro atoms. The van der Waals surface area contributed by atoms with E-state index in [-0.39, 0.29) is 10.8 Å². The van der Waals surface area contributed by atoms with E-state index in [0.29, 0.717) is 11.5 Å². The summed E-state index contributed by atoms with van der Waals surface area (Å²) in [6, 6.07) is 20.9. The Hall–Kier alpha value is -3.40. The van der Waals surface area contributed by atoms with E-state index in [2.05, 4.69) is 15.8 Å². The Labute approximate surface area is 235 Å². The lowest BCUT2D eigenvalue weighted by molar-refractivity contribution is 0.354. The predicted octanol–water partition coefficient (Wildman–Crippen LogP) is 6.10. The van der Waals surface area contributed by atoms with E-state index in [1.165, 1.54) is 11.8 Å². The van der Waals surface area contributed by atoms with Crippen LogP contribution >= 0.6 is 11.8 Å². The highest BCUT2D eigenvalue weighted by Gasteiger charge is 2.22. The highest BCUT2D eigenvalue weighted by molar-refractivity contribution is 7.99. The molecule has 2 heterocycles. The van der Waals surface area contributed by atoms with Crippen LogP contribution in [0.4, 0.5) is 0 Å². The van der Waals surface area contributed by atoms with E-state index in [0.717, 1.165) is 33.0 Å². The number of ether oxygens (including phenoxy) is 2. The highest BCUT2D eigenvalue weighted by Crippen LogP contribution is 2.36. The molecule has 4 rings (SSSR count). The van der Waals surface area contributed by atoms with Crippen LogP contribution in [0.25, 0.3) is 0 Å². The van der Waals surface area contributed by atoms with Crippen molar-refractivity contribution in [2.45, 2.75) is 53.5 Å². The highest BCUT2D eigenvalue weighted by atomic mass is 32.2. The number of hydrogen-bond donors (Lipinski definition) is 1. The molecule has 204 valence electrons. The maximum absolute atomic E-state index is 12.8. The van der Waals surface area contributed by atoms with Gasteiger partial charge < -0.3 is 9.47 Å². The molecule has 1 N–H and O–H groups in total. The molecule has 0 saturated heterocycles. The van der Waals surface area contributed by atoms with Gasteiger partial charge in [-0.1, -0.05) is 30.0 Å². The quantitative estimate of drug-likeness (QED) is 0.249. The van der Waals surface area contributed by atoms with Crippen molar-refractivity contribution in [3.8, 4) is 11.5 Å². The summed E-state index contributed by atoms with van der Waals surface area (Å²) in [6.45, 7) is 5.45. The van der Waals surface area contributed by atoms with Gasteiger partial charge in [0.05, 0.1) is 19.1 Å². The fourth-order valence-electron chi connectivity index (χ4n) is 4.20. The van der Waals surface area contributed by atoms with Crippen LogP contribution in [-0.4, -0.2) is 38.1 Å². The second kappa shape index (κ2) is 12.2. The summed E-state index contributed by atoms with van der Waals surface area (Å²) in [6.07, 6.45) is 6.23. The van der Waals surface area contributed by atoms with Gasteiger partial charge in [0.25, 0.3) is 0 Å². The maximum Gasteiger partial charge on any atom is 0.241 e. The van der Waals surface area contributed by atoms with Crippen molar-refractivity contribution in [3.63, 3.8) is 0 Å². The zero-order chi connectivity index (χ0) is 28.0. The average molecular weight is 564 g/mol. The maximum atomic E-state index is 12.8. The number of pyridine rings is 2. The number of nitrogens with one attached hydrogen (secondary N) is 1. The van der Waals surface area contributed by atoms with Crippen molar-refractivity contribution < 1.29 is 17.9 Å². The summed E-state index contributed by atoms with van der Waals surface area (Å²) in [5, 5.41) is 0.770. The molecular formula is C30H33N3O4S2. The van der Waals surface area contributed by atoms with Crippen LogP contribution in [0.2, 0.25) is 0 Å². The average Bonchev–Trinajstić information content (AvgIpc) is 2.91. The normalized spacial score (nSPS) is 12.6. The molecule has 2 aromatic carbocycles. The number of sulfonamides is 1. The van der Waals surface area contributed by atoms with Gasteiger partial charge in [0.2, 0.25) is 10.0 Å². The summed E-state index contributed by atoms with van der Waals surface area (Å²) in [5.74, 6) is 1.37. The largest absolute Gasteiger partial charge is 0.493 e. The molecule has 0 saturated carbocycles. The van der Waals surface area contributed by atoms with Crippen LogP contribution in [0, 0.1) is 0 Å². The minimum Gasteiger partial charge on any atom is -0.493 e. The van der Waals surface area contributed by atoms with E-state index in [4.69, 9.17) is 14.5 Å². The van der Waals surface area contributed by atoms with Crippen LogP contribution in [0.1, 0.15) is 43.4 Å². The minimum atomic E-state index is -3.63. The molecule has 1 unspecified atom stereocenters. The third kappa shape index (κ3) is 7.59. The number of methoxy groups -OCH3 is 2. The summed E-state index contributed by atoms with van der Waals surface area (Å²) in [7, 11) is -0.374. The minimum absolute atomic E-state index is 0.0238. The van der Waals surface area contributed by atoms with Gasteiger partial charge in [-0.3, -0.25) is 4.98 Å². The van der Waals surface area contributed by atoms with Crippen LogP contribution in [0.5, 0.6) is 11.5 Å². The molecule has 39 heavy (non-hydrogen) atoms. The first-order valence-electron chi connectivity index (χ1n) is 12.5. The Bertz CT molecular complexity index is 1500. The lowest BCUT2D eigenvalue weighted by atomic mass is 9.87. The molecule has 0 aliphatic carbocycles. The second-order valence-corrected chi connectivity index (χ2v) is 12.9. The van der Waals surface area contributed by atoms with Gasteiger partial charge in [-0.15, -0.1) is 0 Å². The van der Waals surface area contributed by atoms with E-state index in [1.807, 2.05) is 69.4 Å². The van der Waals surface area contributed by atoms with Crippen molar-refractivity contribution in [1.82, 2.24) is 14.7 Å². The summed E-state index contributed by atoms with van der Waals surface area (Å²) in [4.78, 5) is 9.88. The Morgan fingerprint density at radius 1 is 0.897 bits per heavy atom. The van der Waals surface area contributed by atoms with Gasteiger partial charge in [0.1, 0.15) is 5.03 Å². The number of hydrogen-bond acceptors (Lipinski definition) is 7. The predicted molar refractivity (Wildman–Crippen MR) is 154 cm³/mol. The van der Waals surface area contributed by atoms with Gasteiger partial charge in [-0.25, -0.2) is 18.1 Å². The first-order valence-corrected chi connectivity index (χ1v) is 14.8. The number of benzene rings is 2. The number of aromatic nitrogens is 2. The molecule has 0 bridgehead atoms. The molecular weight excluding hydrogens is 530 g/mol. The van der Waals surface area contributed by atoms with Gasteiger partial charge in [0.15, 0.2) is 11.5 Å². The topological polar surface area (TPSA) is 90.4 Å². The van der Waals surface area contributed by atoms with Gasteiger partial charge in [-0.05, 0) is 92.4 Å². The van der Waals surface area contributed by atoms with E-state index < -0.39 is 15.6 Å².